The number of nitrogens with zero attached hydrogens (tertiary/aromatic N) is 2. The van der Waals surface area contributed by atoms with E-state index in [0.717, 1.165) is 5.56 Å². The molecule has 136 valence electrons. The maximum atomic E-state index is 12.5. The number of carbonyl (C=O) groups excluding carboxylic acids is 1. The third kappa shape index (κ3) is 3.96. The Labute approximate surface area is 156 Å². The van der Waals surface area contributed by atoms with E-state index in [2.05, 4.69) is 5.32 Å². The summed E-state index contributed by atoms with van der Waals surface area (Å²) >= 11 is 6.10. The molecule has 2 aromatic carbocycles. The van der Waals surface area contributed by atoms with E-state index in [4.69, 9.17) is 11.6 Å². The Bertz CT molecular complexity index is 833. The first-order valence-corrected chi connectivity index (χ1v) is 8.89. The maximum Gasteiger partial charge on any atom is 0.292 e. The number of nitro groups is 1. The Morgan fingerprint density at radius 2 is 1.92 bits per heavy atom. The highest BCUT2D eigenvalue weighted by Gasteiger charge is 2.28. The van der Waals surface area contributed by atoms with E-state index in [1.807, 2.05) is 24.0 Å². The molecular formula is C19H20ClN3O3. The highest BCUT2D eigenvalue weighted by Crippen LogP contribution is 2.31. The quantitative estimate of drug-likeness (QED) is 0.636. The fraction of sp³-hybridized carbons (Fsp3) is 0.316. The van der Waals surface area contributed by atoms with Gasteiger partial charge in [-0.15, -0.1) is 0 Å². The fourth-order valence-corrected chi connectivity index (χ4v) is 3.36. The fourth-order valence-electron chi connectivity index (χ4n) is 3.18. The van der Waals surface area contributed by atoms with Crippen LogP contribution in [0.25, 0.3) is 0 Å². The number of anilines is 2. The number of para-hydroxylation sites is 2. The third-order valence-electron chi connectivity index (χ3n) is 4.72. The number of piperidine rings is 1. The Hall–Kier alpha value is -2.60. The zero-order chi connectivity index (χ0) is 18.7. The summed E-state index contributed by atoms with van der Waals surface area (Å²) in [7, 11) is 0. The predicted octanol–water partition coefficient (Wildman–Crippen LogP) is 4.41. The molecule has 0 unspecified atom stereocenters. The molecule has 1 amide bonds. The van der Waals surface area contributed by atoms with Crippen LogP contribution in [0.3, 0.4) is 0 Å². The average molecular weight is 374 g/mol. The van der Waals surface area contributed by atoms with Gasteiger partial charge in [-0.2, -0.15) is 0 Å². The summed E-state index contributed by atoms with van der Waals surface area (Å²) in [5, 5.41) is 14.7. The maximum absolute atomic E-state index is 12.5. The topological polar surface area (TPSA) is 75.5 Å². The molecule has 0 radical (unpaired) electrons. The predicted molar refractivity (Wildman–Crippen MR) is 103 cm³/mol. The summed E-state index contributed by atoms with van der Waals surface area (Å²) in [6.45, 7) is 3.13. The van der Waals surface area contributed by atoms with Gasteiger partial charge in [0, 0.05) is 35.8 Å². The molecule has 1 heterocycles. The number of hydrogen-bond acceptors (Lipinski definition) is 4. The number of aryl methyl sites for hydroxylation is 1. The van der Waals surface area contributed by atoms with Gasteiger partial charge < -0.3 is 10.2 Å². The highest BCUT2D eigenvalue weighted by molar-refractivity contribution is 6.31. The van der Waals surface area contributed by atoms with Gasteiger partial charge in [0.1, 0.15) is 5.69 Å². The van der Waals surface area contributed by atoms with Gasteiger partial charge in [-0.3, -0.25) is 14.9 Å². The first-order valence-electron chi connectivity index (χ1n) is 8.51. The van der Waals surface area contributed by atoms with E-state index in [0.29, 0.717) is 42.3 Å². The van der Waals surface area contributed by atoms with Crippen LogP contribution in [0.15, 0.2) is 42.5 Å². The number of carbonyl (C=O) groups is 1. The molecule has 0 aliphatic carbocycles. The Morgan fingerprint density at radius 3 is 2.58 bits per heavy atom. The van der Waals surface area contributed by atoms with Crippen molar-refractivity contribution in [3.05, 3.63) is 63.2 Å². The van der Waals surface area contributed by atoms with Crippen molar-refractivity contribution in [2.45, 2.75) is 19.8 Å². The van der Waals surface area contributed by atoms with Gasteiger partial charge in [0.2, 0.25) is 5.91 Å². The summed E-state index contributed by atoms with van der Waals surface area (Å²) < 4.78 is 0. The molecule has 1 fully saturated rings. The van der Waals surface area contributed by atoms with Crippen molar-refractivity contribution in [3.8, 4) is 0 Å². The number of benzene rings is 2. The molecule has 3 rings (SSSR count). The normalized spacial score (nSPS) is 14.9. The molecule has 2 aromatic rings. The van der Waals surface area contributed by atoms with Crippen molar-refractivity contribution < 1.29 is 9.72 Å². The minimum absolute atomic E-state index is 0.0351. The molecule has 0 aromatic heterocycles. The largest absolute Gasteiger partial charge is 0.366 e. The first-order chi connectivity index (χ1) is 12.5. The second-order valence-corrected chi connectivity index (χ2v) is 6.87. The number of nitro benzene ring substituents is 1. The molecule has 1 saturated heterocycles. The van der Waals surface area contributed by atoms with Crippen LogP contribution in [0.4, 0.5) is 17.1 Å². The van der Waals surface area contributed by atoms with Crippen LogP contribution in [-0.2, 0) is 4.79 Å². The minimum Gasteiger partial charge on any atom is -0.366 e. The lowest BCUT2D eigenvalue weighted by Crippen LogP contribution is -2.38. The van der Waals surface area contributed by atoms with Crippen LogP contribution in [0.1, 0.15) is 18.4 Å². The molecular weight excluding hydrogens is 354 g/mol. The van der Waals surface area contributed by atoms with Crippen LogP contribution in [-0.4, -0.2) is 23.9 Å². The second-order valence-electron chi connectivity index (χ2n) is 6.46. The number of nitrogens with one attached hydrogen (secondary N) is 1. The van der Waals surface area contributed by atoms with E-state index >= 15 is 0 Å². The van der Waals surface area contributed by atoms with Crippen molar-refractivity contribution in [1.29, 1.82) is 0 Å². The van der Waals surface area contributed by atoms with E-state index in [9.17, 15) is 14.9 Å². The molecule has 1 aliphatic heterocycles. The highest BCUT2D eigenvalue weighted by atomic mass is 35.5. The lowest BCUT2D eigenvalue weighted by molar-refractivity contribution is -0.384. The molecule has 0 spiro atoms. The van der Waals surface area contributed by atoms with Crippen molar-refractivity contribution >= 4 is 34.6 Å². The SMILES string of the molecule is Cc1ccc(NC(=O)C2CCN(c3ccccc3[N+](=O)[O-])CC2)cc1Cl. The van der Waals surface area contributed by atoms with Gasteiger partial charge in [-0.25, -0.2) is 0 Å². The monoisotopic (exact) mass is 373 g/mol. The summed E-state index contributed by atoms with van der Waals surface area (Å²) in [4.78, 5) is 25.3. The van der Waals surface area contributed by atoms with E-state index in [-0.39, 0.29) is 22.4 Å². The second kappa shape index (κ2) is 7.74. The number of halogens is 1. The minimum atomic E-state index is -0.366. The zero-order valence-corrected chi connectivity index (χ0v) is 15.2. The number of rotatable bonds is 4. The Balaban J connectivity index is 1.62. The van der Waals surface area contributed by atoms with Crippen LogP contribution in [0, 0.1) is 23.0 Å². The van der Waals surface area contributed by atoms with Crippen molar-refractivity contribution in [2.24, 2.45) is 5.92 Å². The molecule has 1 aliphatic rings. The van der Waals surface area contributed by atoms with Gasteiger partial charge >= 0.3 is 0 Å². The van der Waals surface area contributed by atoms with Crippen molar-refractivity contribution in [2.75, 3.05) is 23.3 Å². The van der Waals surface area contributed by atoms with Crippen molar-refractivity contribution in [3.63, 3.8) is 0 Å². The van der Waals surface area contributed by atoms with Gasteiger partial charge in [0.05, 0.1) is 4.92 Å². The van der Waals surface area contributed by atoms with Gasteiger partial charge in [-0.1, -0.05) is 29.8 Å². The molecule has 0 atom stereocenters. The molecule has 0 bridgehead atoms. The van der Waals surface area contributed by atoms with Gasteiger partial charge in [0.15, 0.2) is 0 Å². The molecule has 6 nitrogen and oxygen atoms in total. The molecule has 1 N–H and O–H groups in total. The lowest BCUT2D eigenvalue weighted by Gasteiger charge is -2.32. The van der Waals surface area contributed by atoms with Crippen LogP contribution >= 0.6 is 11.6 Å². The molecule has 26 heavy (non-hydrogen) atoms. The van der Waals surface area contributed by atoms with Crippen molar-refractivity contribution in [1.82, 2.24) is 0 Å². The van der Waals surface area contributed by atoms with Gasteiger partial charge in [0.25, 0.3) is 5.69 Å². The number of hydrogen-bond donors (Lipinski definition) is 1. The zero-order valence-electron chi connectivity index (χ0n) is 14.4. The molecule has 7 heteroatoms. The average Bonchev–Trinajstić information content (AvgIpc) is 2.65. The standard InChI is InChI=1S/C19H20ClN3O3/c1-13-6-7-15(12-16(13)20)21-19(24)14-8-10-22(11-9-14)17-4-2-3-5-18(17)23(25)26/h2-7,12,14H,8-11H2,1H3,(H,21,24). The summed E-state index contributed by atoms with van der Waals surface area (Å²) in [5.41, 5.74) is 2.36. The van der Waals surface area contributed by atoms with E-state index in [1.54, 1.807) is 24.3 Å². The van der Waals surface area contributed by atoms with Crippen LogP contribution in [0.5, 0.6) is 0 Å². The smallest absolute Gasteiger partial charge is 0.292 e. The summed E-state index contributed by atoms with van der Waals surface area (Å²) in [6, 6.07) is 12.2. The third-order valence-corrected chi connectivity index (χ3v) is 5.13. The Kier molecular flexibility index (Phi) is 5.42. The summed E-state index contributed by atoms with van der Waals surface area (Å²) in [6.07, 6.45) is 1.30. The van der Waals surface area contributed by atoms with E-state index in [1.165, 1.54) is 6.07 Å². The Morgan fingerprint density at radius 1 is 1.23 bits per heavy atom. The first kappa shape index (κ1) is 18.2. The van der Waals surface area contributed by atoms with Crippen LogP contribution in [0.2, 0.25) is 5.02 Å². The number of amides is 1. The van der Waals surface area contributed by atoms with Gasteiger partial charge in [-0.05, 0) is 43.5 Å². The van der Waals surface area contributed by atoms with Crippen LogP contribution < -0.4 is 10.2 Å². The van der Waals surface area contributed by atoms with E-state index < -0.39 is 0 Å². The molecule has 0 saturated carbocycles. The lowest BCUT2D eigenvalue weighted by atomic mass is 9.95. The summed E-state index contributed by atoms with van der Waals surface area (Å²) in [5.74, 6) is -0.152.